The zero-order chi connectivity index (χ0) is 12.3. The minimum Gasteiger partial charge on any atom is -0.396 e. The van der Waals surface area contributed by atoms with Crippen LogP contribution in [0.5, 0.6) is 0 Å². The van der Waals surface area contributed by atoms with Crippen LogP contribution in [-0.4, -0.2) is 31.5 Å². The van der Waals surface area contributed by atoms with Gasteiger partial charge >= 0.3 is 0 Å². The van der Waals surface area contributed by atoms with Gasteiger partial charge in [0.25, 0.3) is 0 Å². The van der Waals surface area contributed by atoms with E-state index in [1.165, 1.54) is 6.26 Å². The summed E-state index contributed by atoms with van der Waals surface area (Å²) in [7, 11) is -3.00. The fourth-order valence-corrected chi connectivity index (χ4v) is 2.65. The standard InChI is InChI=1S/C9H14BrN3O2S/c1-6(5-16(2,14)15)13-9-8(11)3-7(10)4-12-9/h3-4,6H,5,11H2,1-2H3,(H,12,13). The number of hydrogen-bond donors (Lipinski definition) is 2. The molecule has 0 aliphatic heterocycles. The highest BCUT2D eigenvalue weighted by atomic mass is 79.9. The van der Waals surface area contributed by atoms with Crippen LogP contribution >= 0.6 is 15.9 Å². The van der Waals surface area contributed by atoms with E-state index in [1.54, 1.807) is 19.2 Å². The molecule has 7 heteroatoms. The van der Waals surface area contributed by atoms with Gasteiger partial charge in [0.05, 0.1) is 11.4 Å². The van der Waals surface area contributed by atoms with Crippen LogP contribution in [0.4, 0.5) is 11.5 Å². The molecule has 0 bridgehead atoms. The number of anilines is 2. The molecule has 0 radical (unpaired) electrons. The lowest BCUT2D eigenvalue weighted by Crippen LogP contribution is -2.25. The molecular formula is C9H14BrN3O2S. The predicted molar refractivity (Wildman–Crippen MR) is 69.1 cm³/mol. The van der Waals surface area contributed by atoms with Crippen molar-refractivity contribution in [2.24, 2.45) is 0 Å². The number of rotatable bonds is 4. The van der Waals surface area contributed by atoms with Crippen LogP contribution < -0.4 is 11.1 Å². The van der Waals surface area contributed by atoms with Crippen LogP contribution in [0, 0.1) is 0 Å². The summed E-state index contributed by atoms with van der Waals surface area (Å²) in [5.74, 6) is 0.545. The van der Waals surface area contributed by atoms with Gasteiger partial charge in [-0.25, -0.2) is 13.4 Å². The van der Waals surface area contributed by atoms with Crippen LogP contribution in [0.25, 0.3) is 0 Å². The van der Waals surface area contributed by atoms with Gasteiger partial charge in [-0.05, 0) is 28.9 Å². The number of pyridine rings is 1. The van der Waals surface area contributed by atoms with Gasteiger partial charge in [0.1, 0.15) is 15.7 Å². The zero-order valence-electron chi connectivity index (χ0n) is 9.07. The molecule has 0 saturated heterocycles. The second-order valence-electron chi connectivity index (χ2n) is 3.73. The molecule has 1 aromatic rings. The van der Waals surface area contributed by atoms with E-state index in [9.17, 15) is 8.42 Å². The fourth-order valence-electron chi connectivity index (χ4n) is 1.30. The first-order valence-corrected chi connectivity index (χ1v) is 7.48. The van der Waals surface area contributed by atoms with Gasteiger partial charge in [0.2, 0.25) is 0 Å². The molecule has 90 valence electrons. The van der Waals surface area contributed by atoms with Crippen LogP contribution in [0.3, 0.4) is 0 Å². The second-order valence-corrected chi connectivity index (χ2v) is 6.83. The van der Waals surface area contributed by atoms with Crippen LogP contribution in [0.15, 0.2) is 16.7 Å². The Hall–Kier alpha value is -0.820. The first-order chi connectivity index (χ1) is 7.28. The number of nitrogens with zero attached hydrogens (tertiary/aromatic N) is 1. The lowest BCUT2D eigenvalue weighted by Gasteiger charge is -2.14. The molecule has 16 heavy (non-hydrogen) atoms. The van der Waals surface area contributed by atoms with E-state index in [0.717, 1.165) is 4.47 Å². The summed E-state index contributed by atoms with van der Waals surface area (Å²) < 4.78 is 22.9. The third-order valence-electron chi connectivity index (χ3n) is 1.82. The van der Waals surface area contributed by atoms with Gasteiger partial charge in [-0.1, -0.05) is 0 Å². The Morgan fingerprint density at radius 1 is 1.62 bits per heavy atom. The maximum atomic E-state index is 11.1. The molecule has 1 aromatic heterocycles. The van der Waals surface area contributed by atoms with Gasteiger partial charge < -0.3 is 11.1 Å². The van der Waals surface area contributed by atoms with E-state index in [2.05, 4.69) is 26.2 Å². The molecule has 0 saturated carbocycles. The molecule has 0 aromatic carbocycles. The third kappa shape index (κ3) is 4.36. The molecule has 0 aliphatic rings. The van der Waals surface area contributed by atoms with Crippen molar-refractivity contribution >= 4 is 37.3 Å². The number of hydrogen-bond acceptors (Lipinski definition) is 5. The molecule has 0 amide bonds. The first-order valence-electron chi connectivity index (χ1n) is 4.63. The number of nitrogen functional groups attached to an aromatic ring is 1. The highest BCUT2D eigenvalue weighted by molar-refractivity contribution is 9.10. The van der Waals surface area contributed by atoms with E-state index in [4.69, 9.17) is 5.73 Å². The van der Waals surface area contributed by atoms with Crippen molar-refractivity contribution < 1.29 is 8.42 Å². The first kappa shape index (κ1) is 13.2. The Bertz CT molecular complexity index is 476. The highest BCUT2D eigenvalue weighted by Gasteiger charge is 2.12. The fraction of sp³-hybridized carbons (Fsp3) is 0.444. The van der Waals surface area contributed by atoms with Crippen molar-refractivity contribution in [3.63, 3.8) is 0 Å². The van der Waals surface area contributed by atoms with Crippen LogP contribution in [0.1, 0.15) is 6.92 Å². The highest BCUT2D eigenvalue weighted by Crippen LogP contribution is 2.20. The summed E-state index contributed by atoms with van der Waals surface area (Å²) in [4.78, 5) is 4.07. The van der Waals surface area contributed by atoms with E-state index in [0.29, 0.717) is 11.5 Å². The normalized spacial score (nSPS) is 13.4. The molecule has 0 aliphatic carbocycles. The average molecular weight is 308 g/mol. The van der Waals surface area contributed by atoms with Gasteiger partial charge in [-0.3, -0.25) is 0 Å². The Balaban J connectivity index is 2.73. The molecule has 3 N–H and O–H groups in total. The molecule has 1 rings (SSSR count). The summed E-state index contributed by atoms with van der Waals surface area (Å²) in [6.07, 6.45) is 2.80. The van der Waals surface area contributed by atoms with E-state index < -0.39 is 9.84 Å². The van der Waals surface area contributed by atoms with Crippen molar-refractivity contribution in [1.29, 1.82) is 0 Å². The quantitative estimate of drug-likeness (QED) is 0.875. The number of aromatic nitrogens is 1. The molecule has 5 nitrogen and oxygen atoms in total. The minimum absolute atomic E-state index is 0.0458. The largest absolute Gasteiger partial charge is 0.396 e. The van der Waals surface area contributed by atoms with Crippen LogP contribution in [-0.2, 0) is 9.84 Å². The molecule has 1 heterocycles. The maximum Gasteiger partial charge on any atom is 0.149 e. The van der Waals surface area contributed by atoms with Crippen LogP contribution in [0.2, 0.25) is 0 Å². The summed E-state index contributed by atoms with van der Waals surface area (Å²) in [6, 6.07) is 1.48. The van der Waals surface area contributed by atoms with Gasteiger partial charge in [0.15, 0.2) is 0 Å². The van der Waals surface area contributed by atoms with Gasteiger partial charge in [0, 0.05) is 23.0 Å². The van der Waals surface area contributed by atoms with E-state index in [1.807, 2.05) is 0 Å². The minimum atomic E-state index is -3.00. The average Bonchev–Trinajstić information content (AvgIpc) is 2.06. The van der Waals surface area contributed by atoms with Gasteiger partial charge in [-0.15, -0.1) is 0 Å². The number of halogens is 1. The lowest BCUT2D eigenvalue weighted by atomic mass is 10.3. The lowest BCUT2D eigenvalue weighted by molar-refractivity contribution is 0.598. The maximum absolute atomic E-state index is 11.1. The summed E-state index contributed by atoms with van der Waals surface area (Å²) in [6.45, 7) is 1.77. The Morgan fingerprint density at radius 2 is 2.25 bits per heavy atom. The van der Waals surface area contributed by atoms with E-state index in [-0.39, 0.29) is 11.8 Å². The second kappa shape index (κ2) is 5.01. The number of sulfone groups is 1. The smallest absolute Gasteiger partial charge is 0.149 e. The SMILES string of the molecule is CC(CS(C)(=O)=O)Nc1ncc(Br)cc1N. The summed E-state index contributed by atoms with van der Waals surface area (Å²) in [5, 5.41) is 2.96. The Morgan fingerprint density at radius 3 is 2.75 bits per heavy atom. The van der Waals surface area contributed by atoms with Crippen molar-refractivity contribution in [2.75, 3.05) is 23.1 Å². The molecular weight excluding hydrogens is 294 g/mol. The molecule has 0 spiro atoms. The number of nitrogens with two attached hydrogens (primary N) is 1. The molecule has 1 atom stereocenters. The van der Waals surface area contributed by atoms with Crippen molar-refractivity contribution in [1.82, 2.24) is 4.98 Å². The van der Waals surface area contributed by atoms with Crippen molar-refractivity contribution in [3.05, 3.63) is 16.7 Å². The Kier molecular flexibility index (Phi) is 4.15. The third-order valence-corrected chi connectivity index (χ3v) is 3.36. The molecule has 0 fully saturated rings. The van der Waals surface area contributed by atoms with Crippen molar-refractivity contribution in [2.45, 2.75) is 13.0 Å². The zero-order valence-corrected chi connectivity index (χ0v) is 11.5. The summed E-state index contributed by atoms with van der Waals surface area (Å²) >= 11 is 3.25. The van der Waals surface area contributed by atoms with Crippen molar-refractivity contribution in [3.8, 4) is 0 Å². The summed E-state index contributed by atoms with van der Waals surface area (Å²) in [5.41, 5.74) is 6.21. The number of nitrogens with one attached hydrogen (secondary N) is 1. The van der Waals surface area contributed by atoms with Gasteiger partial charge in [-0.2, -0.15) is 0 Å². The molecule has 1 unspecified atom stereocenters. The topological polar surface area (TPSA) is 85.1 Å². The predicted octanol–water partition coefficient (Wildman–Crippen LogP) is 1.27. The monoisotopic (exact) mass is 307 g/mol. The Labute approximate surface area is 103 Å². The van der Waals surface area contributed by atoms with E-state index >= 15 is 0 Å².